The summed E-state index contributed by atoms with van der Waals surface area (Å²) in [6, 6.07) is 0. The Morgan fingerprint density at radius 3 is 2.79 bits per heavy atom. The highest BCUT2D eigenvalue weighted by atomic mass is 31.2. The highest BCUT2D eigenvalue weighted by Gasteiger charge is 2.52. The summed E-state index contributed by atoms with van der Waals surface area (Å²) < 4.78 is 22.5. The normalized spacial score (nSPS) is 31.2. The van der Waals surface area contributed by atoms with Crippen molar-refractivity contribution in [1.29, 1.82) is 0 Å². The first kappa shape index (κ1) is 17.2. The van der Waals surface area contributed by atoms with E-state index in [1.165, 1.54) is 4.57 Å². The molecule has 0 saturated carbocycles. The molecule has 0 aromatic carbocycles. The zero-order valence-corrected chi connectivity index (χ0v) is 13.1. The summed E-state index contributed by atoms with van der Waals surface area (Å²) in [6.45, 7) is 0. The van der Waals surface area contributed by atoms with Gasteiger partial charge in [-0.25, -0.2) is 9.97 Å². The standard InChI is InChI=1S/C11H15N4O8P/c1-22-24(20,21)11(19)7-5(16)6(17)10(23-7)15-3-14-4-8(15)12-2-13-9(4)18/h2-3,5-7,10-11,16-17,19H,1H3,(H,20,21)(H,12,13,18)/t5-,6+,7-,10+,11?/m0/s1. The number of ether oxygens (including phenoxy) is 1. The number of hydrogen-bond donors (Lipinski definition) is 5. The summed E-state index contributed by atoms with van der Waals surface area (Å²) in [6.07, 6.45) is -3.84. The fourth-order valence-electron chi connectivity index (χ4n) is 2.50. The molecule has 24 heavy (non-hydrogen) atoms. The van der Waals surface area contributed by atoms with Crippen LogP contribution in [0.2, 0.25) is 0 Å². The van der Waals surface area contributed by atoms with E-state index in [1.807, 2.05) is 0 Å². The summed E-state index contributed by atoms with van der Waals surface area (Å²) in [5.74, 6) is -2.08. The molecule has 0 amide bonds. The van der Waals surface area contributed by atoms with Gasteiger partial charge in [-0.15, -0.1) is 0 Å². The van der Waals surface area contributed by atoms with Crippen molar-refractivity contribution in [1.82, 2.24) is 19.5 Å². The maximum absolute atomic E-state index is 11.7. The van der Waals surface area contributed by atoms with Gasteiger partial charge in [0.15, 0.2) is 23.2 Å². The molecule has 3 rings (SSSR count). The van der Waals surface area contributed by atoms with Crippen LogP contribution in [-0.2, 0) is 13.8 Å². The molecule has 132 valence electrons. The molecule has 2 unspecified atom stereocenters. The third-order valence-electron chi connectivity index (χ3n) is 3.80. The van der Waals surface area contributed by atoms with Gasteiger partial charge >= 0.3 is 7.60 Å². The van der Waals surface area contributed by atoms with Crippen molar-refractivity contribution in [3.63, 3.8) is 0 Å². The van der Waals surface area contributed by atoms with Crippen LogP contribution in [0.1, 0.15) is 6.23 Å². The summed E-state index contributed by atoms with van der Waals surface area (Å²) in [7, 11) is -3.56. The number of aromatic nitrogens is 4. The molecule has 0 bridgehead atoms. The molecule has 2 aromatic rings. The van der Waals surface area contributed by atoms with Gasteiger partial charge in [0.25, 0.3) is 5.56 Å². The van der Waals surface area contributed by atoms with Gasteiger partial charge in [-0.3, -0.25) is 13.9 Å². The summed E-state index contributed by atoms with van der Waals surface area (Å²) in [5.41, 5.74) is -0.455. The Kier molecular flexibility index (Phi) is 4.30. The minimum Gasteiger partial charge on any atom is -0.387 e. The van der Waals surface area contributed by atoms with Gasteiger partial charge in [0.1, 0.15) is 18.3 Å². The van der Waals surface area contributed by atoms with E-state index >= 15 is 0 Å². The van der Waals surface area contributed by atoms with E-state index in [4.69, 9.17) is 4.74 Å². The molecule has 0 radical (unpaired) electrons. The summed E-state index contributed by atoms with van der Waals surface area (Å²) in [5, 5.41) is 30.1. The Morgan fingerprint density at radius 2 is 2.12 bits per heavy atom. The molecule has 1 fully saturated rings. The van der Waals surface area contributed by atoms with Crippen LogP contribution < -0.4 is 5.56 Å². The number of nitrogens with zero attached hydrogens (tertiary/aromatic N) is 3. The molecular weight excluding hydrogens is 347 g/mol. The largest absolute Gasteiger partial charge is 0.387 e. The quantitative estimate of drug-likeness (QED) is 0.378. The van der Waals surface area contributed by atoms with Crippen LogP contribution in [0.25, 0.3) is 11.2 Å². The molecular formula is C11H15N4O8P. The Hall–Kier alpha value is -1.66. The number of aliphatic hydroxyl groups is 3. The first-order valence-electron chi connectivity index (χ1n) is 6.76. The number of aromatic amines is 1. The molecule has 0 aliphatic carbocycles. The van der Waals surface area contributed by atoms with Crippen LogP contribution in [0.5, 0.6) is 0 Å². The molecule has 1 aliphatic heterocycles. The van der Waals surface area contributed by atoms with Crippen molar-refractivity contribution >= 4 is 18.8 Å². The molecule has 2 aromatic heterocycles. The van der Waals surface area contributed by atoms with E-state index in [-0.39, 0.29) is 11.2 Å². The molecule has 1 aliphatic rings. The SMILES string of the molecule is COP(=O)(O)C(O)[C@H]1O[C@@H](n2cnc3c(=O)[nH]cnc32)[C@H](O)[C@@H]1O. The fourth-order valence-corrected chi connectivity index (χ4v) is 3.34. The third kappa shape index (κ3) is 2.58. The Labute approximate surface area is 133 Å². The van der Waals surface area contributed by atoms with E-state index < -0.39 is 43.5 Å². The Bertz CT molecular complexity index is 852. The molecule has 12 nitrogen and oxygen atoms in total. The van der Waals surface area contributed by atoms with Crippen molar-refractivity contribution in [3.05, 3.63) is 23.0 Å². The number of imidazole rings is 1. The van der Waals surface area contributed by atoms with Crippen LogP contribution in [0, 0.1) is 0 Å². The number of aliphatic hydroxyl groups excluding tert-OH is 3. The van der Waals surface area contributed by atoms with Crippen molar-refractivity contribution in [2.75, 3.05) is 7.11 Å². The predicted molar refractivity (Wildman–Crippen MR) is 76.9 cm³/mol. The van der Waals surface area contributed by atoms with Crippen LogP contribution in [0.3, 0.4) is 0 Å². The lowest BCUT2D eigenvalue weighted by Crippen LogP contribution is -2.38. The first-order valence-corrected chi connectivity index (χ1v) is 8.40. The fraction of sp³-hybridized carbons (Fsp3) is 0.545. The van der Waals surface area contributed by atoms with Gasteiger partial charge in [-0.1, -0.05) is 0 Å². The summed E-state index contributed by atoms with van der Waals surface area (Å²) >= 11 is 0. The predicted octanol–water partition coefficient (Wildman–Crippen LogP) is -2.11. The highest BCUT2D eigenvalue weighted by Crippen LogP contribution is 2.50. The average molecular weight is 362 g/mol. The lowest BCUT2D eigenvalue weighted by Gasteiger charge is -2.23. The van der Waals surface area contributed by atoms with Gasteiger partial charge in [-0.05, 0) is 0 Å². The van der Waals surface area contributed by atoms with E-state index in [1.54, 1.807) is 0 Å². The molecule has 13 heteroatoms. The van der Waals surface area contributed by atoms with E-state index in [0.29, 0.717) is 0 Å². The van der Waals surface area contributed by atoms with Crippen molar-refractivity contribution in [3.8, 4) is 0 Å². The lowest BCUT2D eigenvalue weighted by molar-refractivity contribution is -0.0669. The summed E-state index contributed by atoms with van der Waals surface area (Å²) in [4.78, 5) is 31.3. The van der Waals surface area contributed by atoms with Crippen molar-refractivity contribution in [2.45, 2.75) is 30.4 Å². The maximum Gasteiger partial charge on any atom is 0.358 e. The molecule has 5 N–H and O–H groups in total. The third-order valence-corrected chi connectivity index (χ3v) is 5.29. The van der Waals surface area contributed by atoms with Gasteiger partial charge in [-0.2, -0.15) is 0 Å². The maximum atomic E-state index is 11.7. The number of fused-ring (bicyclic) bond motifs is 1. The number of nitrogens with one attached hydrogen (secondary N) is 1. The Morgan fingerprint density at radius 1 is 1.42 bits per heavy atom. The lowest BCUT2D eigenvalue weighted by atomic mass is 10.1. The molecule has 3 heterocycles. The first-order chi connectivity index (χ1) is 11.3. The van der Waals surface area contributed by atoms with Crippen LogP contribution in [-0.4, -0.2) is 71.0 Å². The minimum atomic E-state index is -4.47. The average Bonchev–Trinajstić information content (AvgIpc) is 3.10. The number of hydrogen-bond acceptors (Lipinski definition) is 9. The van der Waals surface area contributed by atoms with Gasteiger partial charge in [0.05, 0.1) is 12.7 Å². The number of H-pyrrole nitrogens is 1. The van der Waals surface area contributed by atoms with Crippen LogP contribution in [0.15, 0.2) is 17.4 Å². The topological polar surface area (TPSA) is 180 Å². The molecule has 6 atom stereocenters. The molecule has 0 spiro atoms. The van der Waals surface area contributed by atoms with Gasteiger partial charge in [0, 0.05) is 7.11 Å². The zero-order chi connectivity index (χ0) is 17.6. The van der Waals surface area contributed by atoms with E-state index in [0.717, 1.165) is 19.8 Å². The number of rotatable bonds is 4. The van der Waals surface area contributed by atoms with Crippen LogP contribution in [0.4, 0.5) is 0 Å². The monoisotopic (exact) mass is 362 g/mol. The van der Waals surface area contributed by atoms with Crippen LogP contribution >= 0.6 is 7.60 Å². The van der Waals surface area contributed by atoms with Crippen molar-refractivity contribution < 1.29 is 34.0 Å². The highest BCUT2D eigenvalue weighted by molar-refractivity contribution is 7.53. The second-order valence-corrected chi connectivity index (χ2v) is 7.21. The van der Waals surface area contributed by atoms with E-state index in [2.05, 4.69) is 19.5 Å². The van der Waals surface area contributed by atoms with Crippen molar-refractivity contribution in [2.24, 2.45) is 0 Å². The van der Waals surface area contributed by atoms with Gasteiger partial charge < -0.3 is 34.5 Å². The second kappa shape index (κ2) is 6.01. The minimum absolute atomic E-state index is 0.0171. The van der Waals surface area contributed by atoms with Gasteiger partial charge in [0.2, 0.25) is 0 Å². The Balaban J connectivity index is 1.97. The zero-order valence-electron chi connectivity index (χ0n) is 12.3. The smallest absolute Gasteiger partial charge is 0.358 e. The molecule has 1 saturated heterocycles. The van der Waals surface area contributed by atoms with E-state index in [9.17, 15) is 29.6 Å². The second-order valence-electron chi connectivity index (χ2n) is 5.19.